The van der Waals surface area contributed by atoms with Crippen molar-refractivity contribution >= 4 is 38.9 Å². The Hall–Kier alpha value is -0.390. The molecule has 1 heterocycles. The number of halogens is 2. The van der Waals surface area contributed by atoms with Crippen LogP contribution in [0.25, 0.3) is 0 Å². The van der Waals surface area contributed by atoms with E-state index in [1.165, 1.54) is 10.4 Å². The Bertz CT molecular complexity index is 523. The number of benzene rings is 1. The molecule has 0 aliphatic carbocycles. The van der Waals surface area contributed by atoms with Gasteiger partial charge in [0.1, 0.15) is 4.34 Å². The van der Waals surface area contributed by atoms with Crippen LogP contribution in [0.1, 0.15) is 16.5 Å². The van der Waals surface area contributed by atoms with E-state index in [-0.39, 0.29) is 0 Å². The molecule has 0 amide bonds. The number of likely N-dealkylation sites (N-methyl/N-ethyl adjacent to an activating group) is 1. The van der Waals surface area contributed by atoms with Crippen LogP contribution in [-0.2, 0) is 6.54 Å². The third-order valence-corrected chi connectivity index (χ3v) is 5.44. The summed E-state index contributed by atoms with van der Waals surface area (Å²) in [5.74, 6) is 0. The largest absolute Gasteiger partial charge is 0.308 e. The highest BCUT2D eigenvalue weighted by Gasteiger charge is 2.13. The maximum Gasteiger partial charge on any atom is 0.107 e. The van der Waals surface area contributed by atoms with Gasteiger partial charge in [-0.25, -0.2) is 0 Å². The summed E-state index contributed by atoms with van der Waals surface area (Å²) in [6.07, 6.45) is 0. The molecule has 0 aliphatic rings. The molecule has 1 atom stereocenters. The van der Waals surface area contributed by atoms with Crippen molar-refractivity contribution in [2.24, 2.45) is 0 Å². The molecule has 0 spiro atoms. The van der Waals surface area contributed by atoms with Gasteiger partial charge in [0.05, 0.1) is 0 Å². The van der Waals surface area contributed by atoms with Gasteiger partial charge in [0.2, 0.25) is 0 Å². The molecule has 0 bridgehead atoms. The molecule has 0 radical (unpaired) electrons. The minimum Gasteiger partial charge on any atom is -0.308 e. The summed E-state index contributed by atoms with van der Waals surface area (Å²) in [4.78, 5) is 3.43. The number of thiophene rings is 1. The number of nitrogens with one attached hydrogen (secondary N) is 1. The lowest BCUT2D eigenvalue weighted by Crippen LogP contribution is -2.30. The van der Waals surface area contributed by atoms with E-state index in [4.69, 9.17) is 11.6 Å². The number of hydrogen-bond acceptors (Lipinski definition) is 3. The van der Waals surface area contributed by atoms with E-state index in [1.54, 1.807) is 11.3 Å². The molecule has 2 aromatic rings. The van der Waals surface area contributed by atoms with Crippen molar-refractivity contribution in [3.63, 3.8) is 0 Å². The van der Waals surface area contributed by atoms with Crippen LogP contribution in [0.4, 0.5) is 0 Å². The molecular weight excluding hydrogens is 356 g/mol. The lowest BCUT2D eigenvalue weighted by atomic mass is 10.1. The van der Waals surface area contributed by atoms with Crippen LogP contribution in [0.15, 0.2) is 40.9 Å². The van der Waals surface area contributed by atoms with Crippen LogP contribution in [-0.4, -0.2) is 25.5 Å². The third kappa shape index (κ3) is 4.57. The van der Waals surface area contributed by atoms with Crippen molar-refractivity contribution in [3.8, 4) is 0 Å². The standard InChI is InChI=1S/C15H18BrClN2S/c1-19(2)10-14(11-6-4-3-5-7-11)18-9-12-8-13(16)15(17)20-12/h3-8,14,18H,9-10H2,1-2H3. The van der Waals surface area contributed by atoms with Gasteiger partial charge in [-0.1, -0.05) is 41.9 Å². The van der Waals surface area contributed by atoms with Gasteiger partial charge in [0, 0.05) is 28.5 Å². The molecule has 0 saturated heterocycles. The zero-order valence-electron chi connectivity index (χ0n) is 11.6. The topological polar surface area (TPSA) is 15.3 Å². The Morgan fingerprint density at radius 3 is 2.55 bits per heavy atom. The summed E-state index contributed by atoms with van der Waals surface area (Å²) < 4.78 is 1.79. The fourth-order valence-corrected chi connectivity index (χ4v) is 3.78. The summed E-state index contributed by atoms with van der Waals surface area (Å²) in [6.45, 7) is 1.79. The summed E-state index contributed by atoms with van der Waals surface area (Å²) >= 11 is 11.1. The highest BCUT2D eigenvalue weighted by atomic mass is 79.9. The van der Waals surface area contributed by atoms with Crippen LogP contribution < -0.4 is 5.32 Å². The van der Waals surface area contributed by atoms with E-state index < -0.39 is 0 Å². The van der Waals surface area contributed by atoms with Gasteiger partial charge in [0.15, 0.2) is 0 Å². The second-order valence-corrected chi connectivity index (χ2v) is 7.53. The zero-order valence-corrected chi connectivity index (χ0v) is 14.7. The maximum atomic E-state index is 6.08. The van der Waals surface area contributed by atoms with Gasteiger partial charge in [-0.05, 0) is 41.7 Å². The van der Waals surface area contributed by atoms with Crippen molar-refractivity contribution in [2.75, 3.05) is 20.6 Å². The predicted octanol–water partition coefficient (Wildman–Crippen LogP) is 4.56. The van der Waals surface area contributed by atoms with E-state index in [1.807, 2.05) is 6.07 Å². The number of nitrogens with zero attached hydrogens (tertiary/aromatic N) is 1. The van der Waals surface area contributed by atoms with Gasteiger partial charge >= 0.3 is 0 Å². The quantitative estimate of drug-likeness (QED) is 0.798. The highest BCUT2D eigenvalue weighted by molar-refractivity contribution is 9.10. The number of rotatable bonds is 6. The van der Waals surface area contributed by atoms with Crippen LogP contribution in [0.5, 0.6) is 0 Å². The Balaban J connectivity index is 2.04. The zero-order chi connectivity index (χ0) is 14.5. The van der Waals surface area contributed by atoms with Crippen molar-refractivity contribution in [1.82, 2.24) is 10.2 Å². The van der Waals surface area contributed by atoms with Crippen molar-refractivity contribution in [3.05, 3.63) is 55.6 Å². The molecule has 1 N–H and O–H groups in total. The average Bonchev–Trinajstić information content (AvgIpc) is 2.74. The highest BCUT2D eigenvalue weighted by Crippen LogP contribution is 2.32. The molecule has 1 aromatic heterocycles. The summed E-state index contributed by atoms with van der Waals surface area (Å²) in [5, 5.41) is 3.61. The summed E-state index contributed by atoms with van der Waals surface area (Å²) in [5.41, 5.74) is 1.31. The smallest absolute Gasteiger partial charge is 0.107 e. The molecule has 0 saturated carbocycles. The molecule has 1 aromatic carbocycles. The lowest BCUT2D eigenvalue weighted by Gasteiger charge is -2.22. The van der Waals surface area contributed by atoms with E-state index >= 15 is 0 Å². The van der Waals surface area contributed by atoms with E-state index in [9.17, 15) is 0 Å². The average molecular weight is 374 g/mol. The first-order valence-electron chi connectivity index (χ1n) is 6.43. The van der Waals surface area contributed by atoms with Crippen molar-refractivity contribution < 1.29 is 0 Å². The van der Waals surface area contributed by atoms with E-state index in [2.05, 4.69) is 70.6 Å². The second kappa shape index (κ2) is 7.57. The van der Waals surface area contributed by atoms with E-state index in [0.29, 0.717) is 6.04 Å². The minimum atomic E-state index is 0.311. The van der Waals surface area contributed by atoms with Crippen molar-refractivity contribution in [1.29, 1.82) is 0 Å². The molecule has 108 valence electrons. The number of hydrogen-bond donors (Lipinski definition) is 1. The molecule has 2 nitrogen and oxygen atoms in total. The summed E-state index contributed by atoms with van der Waals surface area (Å²) in [6, 6.07) is 12.9. The minimum absolute atomic E-state index is 0.311. The van der Waals surface area contributed by atoms with Crippen LogP contribution >= 0.6 is 38.9 Å². The fraction of sp³-hybridized carbons (Fsp3) is 0.333. The first-order chi connectivity index (χ1) is 9.56. The summed E-state index contributed by atoms with van der Waals surface area (Å²) in [7, 11) is 4.19. The Morgan fingerprint density at radius 2 is 2.00 bits per heavy atom. The van der Waals surface area contributed by atoms with Crippen LogP contribution in [0, 0.1) is 0 Å². The molecular formula is C15H18BrClN2S. The maximum absolute atomic E-state index is 6.08. The first-order valence-corrected chi connectivity index (χ1v) is 8.42. The molecule has 1 unspecified atom stereocenters. The predicted molar refractivity (Wildman–Crippen MR) is 91.6 cm³/mol. The van der Waals surface area contributed by atoms with Gasteiger partial charge in [-0.3, -0.25) is 0 Å². The SMILES string of the molecule is CN(C)CC(NCc1cc(Br)c(Cl)s1)c1ccccc1. The lowest BCUT2D eigenvalue weighted by molar-refractivity contribution is 0.341. The molecule has 20 heavy (non-hydrogen) atoms. The Labute approximate surface area is 137 Å². The first kappa shape index (κ1) is 16.0. The molecule has 0 aliphatic heterocycles. The second-order valence-electron chi connectivity index (χ2n) is 4.94. The molecule has 5 heteroatoms. The fourth-order valence-electron chi connectivity index (χ4n) is 2.04. The normalized spacial score (nSPS) is 12.8. The molecule has 2 rings (SSSR count). The van der Waals surface area contributed by atoms with Gasteiger partial charge in [-0.2, -0.15) is 0 Å². The van der Waals surface area contributed by atoms with Crippen LogP contribution in [0.2, 0.25) is 4.34 Å². The Kier molecular flexibility index (Phi) is 6.05. The third-order valence-electron chi connectivity index (χ3n) is 2.97. The van der Waals surface area contributed by atoms with Gasteiger partial charge < -0.3 is 10.2 Å². The van der Waals surface area contributed by atoms with Gasteiger partial charge in [-0.15, -0.1) is 11.3 Å². The monoisotopic (exact) mass is 372 g/mol. The Morgan fingerprint density at radius 1 is 1.30 bits per heavy atom. The molecule has 0 fully saturated rings. The van der Waals surface area contributed by atoms with Crippen LogP contribution in [0.3, 0.4) is 0 Å². The van der Waals surface area contributed by atoms with E-state index in [0.717, 1.165) is 21.9 Å². The van der Waals surface area contributed by atoms with Crippen molar-refractivity contribution in [2.45, 2.75) is 12.6 Å². The van der Waals surface area contributed by atoms with Gasteiger partial charge in [0.25, 0.3) is 0 Å².